The summed E-state index contributed by atoms with van der Waals surface area (Å²) in [6.45, 7) is 3.16. The summed E-state index contributed by atoms with van der Waals surface area (Å²) < 4.78 is 26.3. The molecule has 0 aromatic heterocycles. The molecule has 15 heavy (non-hydrogen) atoms. The number of hydrogen-bond acceptors (Lipinski definition) is 3. The fourth-order valence-corrected chi connectivity index (χ4v) is 3.67. The Morgan fingerprint density at radius 2 is 2.00 bits per heavy atom. The van der Waals surface area contributed by atoms with Crippen LogP contribution in [0.1, 0.15) is 39.0 Å². The monoisotopic (exact) mass is 234 g/mol. The zero-order valence-electron chi connectivity index (χ0n) is 9.41. The van der Waals surface area contributed by atoms with Gasteiger partial charge in [-0.15, -0.1) is 0 Å². The average Bonchev–Trinajstić information content (AvgIpc) is 2.69. The summed E-state index contributed by atoms with van der Waals surface area (Å²) in [6, 6.07) is 0. The first-order chi connectivity index (χ1) is 7.06. The van der Waals surface area contributed by atoms with Crippen LogP contribution >= 0.6 is 0 Å². The molecular weight excluding hydrogens is 212 g/mol. The maximum Gasteiger partial charge on any atom is 0.214 e. The second kappa shape index (κ2) is 5.82. The van der Waals surface area contributed by atoms with Crippen molar-refractivity contribution in [3.8, 4) is 0 Å². The van der Waals surface area contributed by atoms with E-state index < -0.39 is 10.0 Å². The van der Waals surface area contributed by atoms with Crippen molar-refractivity contribution in [2.24, 2.45) is 11.7 Å². The largest absolute Gasteiger partial charge is 0.330 e. The molecule has 0 spiro atoms. The zero-order valence-corrected chi connectivity index (χ0v) is 10.2. The van der Waals surface area contributed by atoms with Crippen LogP contribution in [-0.2, 0) is 10.0 Å². The second-order valence-electron chi connectivity index (χ2n) is 4.48. The quantitative estimate of drug-likeness (QED) is 0.715. The Labute approximate surface area is 92.7 Å². The Balaban J connectivity index is 2.35. The number of nitrogens with one attached hydrogen (secondary N) is 1. The Hall–Kier alpha value is -0.130. The highest BCUT2D eigenvalue weighted by atomic mass is 32.2. The van der Waals surface area contributed by atoms with Gasteiger partial charge >= 0.3 is 0 Å². The van der Waals surface area contributed by atoms with E-state index in [1.165, 1.54) is 0 Å². The van der Waals surface area contributed by atoms with Crippen LogP contribution < -0.4 is 10.5 Å². The van der Waals surface area contributed by atoms with E-state index in [4.69, 9.17) is 5.73 Å². The lowest BCUT2D eigenvalue weighted by Crippen LogP contribution is -2.35. The smallest absolute Gasteiger partial charge is 0.214 e. The van der Waals surface area contributed by atoms with Gasteiger partial charge in [-0.05, 0) is 31.7 Å². The molecule has 0 aromatic rings. The number of hydrogen-bond donors (Lipinski definition) is 2. The molecule has 1 aliphatic carbocycles. The third kappa shape index (κ3) is 4.09. The predicted molar refractivity (Wildman–Crippen MR) is 62.0 cm³/mol. The molecule has 0 aliphatic heterocycles. The van der Waals surface area contributed by atoms with E-state index >= 15 is 0 Å². The van der Waals surface area contributed by atoms with Crippen LogP contribution in [0, 0.1) is 5.92 Å². The second-order valence-corrected chi connectivity index (χ2v) is 6.53. The summed E-state index contributed by atoms with van der Waals surface area (Å²) >= 11 is 0. The summed E-state index contributed by atoms with van der Waals surface area (Å²) in [4.78, 5) is 0. The molecule has 0 saturated heterocycles. The number of rotatable bonds is 6. The standard InChI is InChI=1S/C10H22N2O2S/c1-9(6-7-11)8-12-15(13,14)10-4-2-3-5-10/h9-10,12H,2-8,11H2,1H3. The summed E-state index contributed by atoms with van der Waals surface area (Å²) in [5.41, 5.74) is 5.41. The lowest BCUT2D eigenvalue weighted by atomic mass is 10.1. The van der Waals surface area contributed by atoms with Crippen molar-refractivity contribution in [1.82, 2.24) is 4.72 Å². The minimum atomic E-state index is -3.06. The summed E-state index contributed by atoms with van der Waals surface area (Å²) in [5, 5.41) is -0.150. The van der Waals surface area contributed by atoms with Gasteiger partial charge in [0.1, 0.15) is 0 Å². The van der Waals surface area contributed by atoms with E-state index in [9.17, 15) is 8.42 Å². The topological polar surface area (TPSA) is 72.2 Å². The third-order valence-electron chi connectivity index (χ3n) is 3.03. The molecule has 0 amide bonds. The molecule has 1 aliphatic rings. The van der Waals surface area contributed by atoms with Gasteiger partial charge in [-0.25, -0.2) is 13.1 Å². The van der Waals surface area contributed by atoms with Crippen LogP contribution in [0.5, 0.6) is 0 Å². The SMILES string of the molecule is CC(CCN)CNS(=O)(=O)C1CCCC1. The van der Waals surface area contributed by atoms with Crippen LogP contribution in [0.2, 0.25) is 0 Å². The fourth-order valence-electron chi connectivity index (χ4n) is 1.96. The van der Waals surface area contributed by atoms with Crippen LogP contribution in [-0.4, -0.2) is 26.8 Å². The van der Waals surface area contributed by atoms with Gasteiger partial charge in [-0.2, -0.15) is 0 Å². The first-order valence-electron chi connectivity index (χ1n) is 5.75. The van der Waals surface area contributed by atoms with Gasteiger partial charge in [0, 0.05) is 6.54 Å². The van der Waals surface area contributed by atoms with Gasteiger partial charge in [-0.3, -0.25) is 0 Å². The number of sulfonamides is 1. The Morgan fingerprint density at radius 3 is 2.53 bits per heavy atom. The van der Waals surface area contributed by atoms with Crippen molar-refractivity contribution >= 4 is 10.0 Å². The van der Waals surface area contributed by atoms with Crippen molar-refractivity contribution in [3.63, 3.8) is 0 Å². The molecule has 0 radical (unpaired) electrons. The Morgan fingerprint density at radius 1 is 1.40 bits per heavy atom. The van der Waals surface area contributed by atoms with Gasteiger partial charge in [0.05, 0.1) is 5.25 Å². The van der Waals surface area contributed by atoms with E-state index in [2.05, 4.69) is 4.72 Å². The van der Waals surface area contributed by atoms with E-state index in [0.717, 1.165) is 32.1 Å². The highest BCUT2D eigenvalue weighted by Crippen LogP contribution is 2.23. The molecule has 0 heterocycles. The van der Waals surface area contributed by atoms with Gasteiger partial charge in [0.15, 0.2) is 0 Å². The maximum absolute atomic E-state index is 11.8. The first kappa shape index (κ1) is 12.9. The molecule has 1 rings (SSSR count). The van der Waals surface area contributed by atoms with Gasteiger partial charge in [0.2, 0.25) is 10.0 Å². The first-order valence-corrected chi connectivity index (χ1v) is 7.29. The van der Waals surface area contributed by atoms with Gasteiger partial charge in [-0.1, -0.05) is 19.8 Å². The zero-order chi connectivity index (χ0) is 11.3. The van der Waals surface area contributed by atoms with Crippen molar-refractivity contribution in [1.29, 1.82) is 0 Å². The highest BCUT2D eigenvalue weighted by Gasteiger charge is 2.28. The van der Waals surface area contributed by atoms with Gasteiger partial charge < -0.3 is 5.73 Å². The molecule has 3 N–H and O–H groups in total. The Kier molecular flexibility index (Phi) is 5.02. The van der Waals surface area contributed by atoms with Crippen molar-refractivity contribution in [3.05, 3.63) is 0 Å². The van der Waals surface area contributed by atoms with Crippen molar-refractivity contribution < 1.29 is 8.42 Å². The molecule has 0 bridgehead atoms. The maximum atomic E-state index is 11.8. The van der Waals surface area contributed by atoms with Crippen molar-refractivity contribution in [2.75, 3.05) is 13.1 Å². The molecule has 1 atom stereocenters. The van der Waals surface area contributed by atoms with Crippen molar-refractivity contribution in [2.45, 2.75) is 44.3 Å². The minimum Gasteiger partial charge on any atom is -0.330 e. The molecular formula is C10H22N2O2S. The van der Waals surface area contributed by atoms with Crippen LogP contribution in [0.4, 0.5) is 0 Å². The molecule has 1 unspecified atom stereocenters. The molecule has 0 aromatic carbocycles. The van der Waals surface area contributed by atoms with Crippen LogP contribution in [0.15, 0.2) is 0 Å². The van der Waals surface area contributed by atoms with Crippen LogP contribution in [0.3, 0.4) is 0 Å². The summed E-state index contributed by atoms with van der Waals surface area (Å²) in [7, 11) is -3.06. The van der Waals surface area contributed by atoms with Crippen LogP contribution in [0.25, 0.3) is 0 Å². The lowest BCUT2D eigenvalue weighted by Gasteiger charge is -2.15. The minimum absolute atomic E-state index is 0.150. The highest BCUT2D eigenvalue weighted by molar-refractivity contribution is 7.90. The predicted octanol–water partition coefficient (Wildman–Crippen LogP) is 0.833. The molecule has 1 saturated carbocycles. The molecule has 90 valence electrons. The van der Waals surface area contributed by atoms with Gasteiger partial charge in [0.25, 0.3) is 0 Å². The van der Waals surface area contributed by atoms with E-state index in [0.29, 0.717) is 19.0 Å². The average molecular weight is 234 g/mol. The molecule has 5 heteroatoms. The summed E-state index contributed by atoms with van der Waals surface area (Å²) in [5.74, 6) is 0.325. The fraction of sp³-hybridized carbons (Fsp3) is 1.00. The van der Waals surface area contributed by atoms with E-state index in [1.807, 2.05) is 6.92 Å². The van der Waals surface area contributed by atoms with E-state index in [-0.39, 0.29) is 5.25 Å². The molecule has 4 nitrogen and oxygen atoms in total. The lowest BCUT2D eigenvalue weighted by molar-refractivity contribution is 0.509. The molecule has 1 fully saturated rings. The van der Waals surface area contributed by atoms with E-state index in [1.54, 1.807) is 0 Å². The summed E-state index contributed by atoms with van der Waals surface area (Å²) in [6.07, 6.45) is 4.60. The third-order valence-corrected chi connectivity index (χ3v) is 4.95. The number of nitrogens with two attached hydrogens (primary N) is 1. The Bertz CT molecular complexity index is 271. The normalized spacial score (nSPS) is 20.7.